The summed E-state index contributed by atoms with van der Waals surface area (Å²) < 4.78 is 38.4. The summed E-state index contributed by atoms with van der Waals surface area (Å²) in [5, 5.41) is 0.657. The number of rotatable bonds is 1. The Morgan fingerprint density at radius 3 is 2.50 bits per heavy atom. The Hall–Kier alpha value is -1.62. The van der Waals surface area contributed by atoms with E-state index in [0.29, 0.717) is 5.39 Å². The van der Waals surface area contributed by atoms with Crippen molar-refractivity contribution >= 4 is 10.8 Å². The third kappa shape index (κ3) is 1.75. The van der Waals surface area contributed by atoms with Gasteiger partial charge in [0.05, 0.1) is 5.56 Å². The second-order valence-corrected chi connectivity index (χ2v) is 4.78. The van der Waals surface area contributed by atoms with Gasteiger partial charge >= 0.3 is 6.18 Å². The van der Waals surface area contributed by atoms with E-state index in [0.717, 1.165) is 24.6 Å². The molecule has 3 rings (SSSR count). The van der Waals surface area contributed by atoms with Crippen molar-refractivity contribution < 1.29 is 13.2 Å². The lowest BCUT2D eigenvalue weighted by Gasteiger charge is -2.13. The molecule has 0 unspecified atom stereocenters. The van der Waals surface area contributed by atoms with Gasteiger partial charge in [-0.2, -0.15) is 13.2 Å². The predicted octanol–water partition coefficient (Wildman–Crippen LogP) is 3.20. The lowest BCUT2D eigenvalue weighted by atomic mass is 10.00. The molecule has 1 fully saturated rings. The Bertz CT molecular complexity index is 615. The van der Waals surface area contributed by atoms with Gasteiger partial charge in [0.1, 0.15) is 0 Å². The molecule has 1 saturated carbocycles. The van der Waals surface area contributed by atoms with Crippen molar-refractivity contribution in [1.29, 1.82) is 0 Å². The van der Waals surface area contributed by atoms with Crippen LogP contribution in [0.3, 0.4) is 0 Å². The summed E-state index contributed by atoms with van der Waals surface area (Å²) in [5.41, 5.74) is 5.88. The minimum Gasteiger partial charge on any atom is -0.321 e. The molecule has 94 valence electrons. The first-order valence-corrected chi connectivity index (χ1v) is 5.64. The fourth-order valence-corrected chi connectivity index (χ4v) is 2.14. The maximum atomic E-state index is 12.8. The van der Waals surface area contributed by atoms with Crippen LogP contribution < -0.4 is 5.73 Å². The molecule has 0 amide bonds. The van der Waals surface area contributed by atoms with Crippen molar-refractivity contribution in [1.82, 2.24) is 4.98 Å². The van der Waals surface area contributed by atoms with Crippen LogP contribution in [0.5, 0.6) is 0 Å². The predicted molar refractivity (Wildman–Crippen MR) is 61.8 cm³/mol. The van der Waals surface area contributed by atoms with Gasteiger partial charge in [0.15, 0.2) is 0 Å². The molecule has 2 N–H and O–H groups in total. The number of fused-ring (bicyclic) bond motifs is 1. The van der Waals surface area contributed by atoms with Crippen molar-refractivity contribution in [3.05, 3.63) is 41.7 Å². The topological polar surface area (TPSA) is 38.9 Å². The highest BCUT2D eigenvalue weighted by atomic mass is 19.4. The Kier molecular flexibility index (Phi) is 2.20. The third-order valence-electron chi connectivity index (χ3n) is 3.43. The van der Waals surface area contributed by atoms with Gasteiger partial charge in [0.25, 0.3) is 0 Å². The molecule has 2 nitrogen and oxygen atoms in total. The zero-order valence-electron chi connectivity index (χ0n) is 9.46. The number of hydrogen-bond donors (Lipinski definition) is 1. The third-order valence-corrected chi connectivity index (χ3v) is 3.43. The van der Waals surface area contributed by atoms with E-state index >= 15 is 0 Å². The molecule has 1 aromatic carbocycles. The minimum atomic E-state index is -4.38. The fourth-order valence-electron chi connectivity index (χ4n) is 2.14. The molecule has 0 saturated heterocycles. The molecule has 1 aliphatic rings. The quantitative estimate of drug-likeness (QED) is 0.846. The molecule has 0 radical (unpaired) electrons. The minimum absolute atomic E-state index is 0.172. The zero-order chi connectivity index (χ0) is 13.0. The smallest absolute Gasteiger partial charge is 0.321 e. The van der Waals surface area contributed by atoms with E-state index in [-0.39, 0.29) is 10.9 Å². The van der Waals surface area contributed by atoms with Crippen LogP contribution in [0.4, 0.5) is 13.2 Å². The van der Waals surface area contributed by atoms with Gasteiger partial charge < -0.3 is 5.73 Å². The number of alkyl halides is 3. The van der Waals surface area contributed by atoms with Crippen molar-refractivity contribution in [3.63, 3.8) is 0 Å². The van der Waals surface area contributed by atoms with Gasteiger partial charge in [-0.25, -0.2) is 0 Å². The summed E-state index contributed by atoms with van der Waals surface area (Å²) in [6.45, 7) is 0. The molecular formula is C13H11F3N2. The van der Waals surface area contributed by atoms with Crippen molar-refractivity contribution in [2.75, 3.05) is 0 Å². The Labute approximate surface area is 102 Å². The Morgan fingerprint density at radius 2 is 1.89 bits per heavy atom. The largest absolute Gasteiger partial charge is 0.418 e. The summed E-state index contributed by atoms with van der Waals surface area (Å²) in [4.78, 5) is 3.66. The molecule has 1 heterocycles. The maximum Gasteiger partial charge on any atom is 0.418 e. The number of nitrogens with two attached hydrogens (primary N) is 1. The van der Waals surface area contributed by atoms with E-state index in [2.05, 4.69) is 4.98 Å². The molecule has 1 aliphatic carbocycles. The number of benzene rings is 1. The summed E-state index contributed by atoms with van der Waals surface area (Å²) in [6.07, 6.45) is -0.318. The first-order valence-electron chi connectivity index (χ1n) is 5.64. The molecule has 0 atom stereocenters. The second kappa shape index (κ2) is 3.45. The lowest BCUT2D eigenvalue weighted by molar-refractivity contribution is -0.136. The molecule has 0 spiro atoms. The van der Waals surface area contributed by atoms with Crippen LogP contribution in [0, 0.1) is 0 Å². The first kappa shape index (κ1) is 11.5. The molecule has 2 aromatic rings. The van der Waals surface area contributed by atoms with Gasteiger partial charge in [-0.15, -0.1) is 0 Å². The van der Waals surface area contributed by atoms with Gasteiger partial charge in [-0.3, -0.25) is 4.98 Å². The molecular weight excluding hydrogens is 241 g/mol. The molecule has 5 heteroatoms. The van der Waals surface area contributed by atoms with E-state index in [9.17, 15) is 13.2 Å². The molecule has 0 aliphatic heterocycles. The van der Waals surface area contributed by atoms with Crippen molar-refractivity contribution in [3.8, 4) is 0 Å². The summed E-state index contributed by atoms with van der Waals surface area (Å²) in [5.74, 6) is 0. The van der Waals surface area contributed by atoms with Crippen LogP contribution >= 0.6 is 0 Å². The molecule has 18 heavy (non-hydrogen) atoms. The first-order chi connectivity index (χ1) is 8.40. The van der Waals surface area contributed by atoms with Crippen LogP contribution in [0.2, 0.25) is 0 Å². The summed E-state index contributed by atoms with van der Waals surface area (Å²) >= 11 is 0. The van der Waals surface area contributed by atoms with Gasteiger partial charge in [-0.1, -0.05) is 12.1 Å². The second-order valence-electron chi connectivity index (χ2n) is 4.78. The maximum absolute atomic E-state index is 12.8. The van der Waals surface area contributed by atoms with Crippen molar-refractivity contribution in [2.45, 2.75) is 24.6 Å². The zero-order valence-corrected chi connectivity index (χ0v) is 9.46. The highest BCUT2D eigenvalue weighted by Gasteiger charge is 2.40. The highest BCUT2D eigenvalue weighted by molar-refractivity contribution is 5.86. The average molecular weight is 252 g/mol. The van der Waals surface area contributed by atoms with E-state index in [1.165, 1.54) is 12.3 Å². The van der Waals surface area contributed by atoms with Crippen LogP contribution in [0.25, 0.3) is 10.8 Å². The van der Waals surface area contributed by atoms with Crippen LogP contribution in [0.1, 0.15) is 24.0 Å². The summed E-state index contributed by atoms with van der Waals surface area (Å²) in [6, 6.07) is 4.89. The van der Waals surface area contributed by atoms with Crippen LogP contribution in [0.15, 0.2) is 30.6 Å². The Morgan fingerprint density at radius 1 is 1.17 bits per heavy atom. The fraction of sp³-hybridized carbons (Fsp3) is 0.308. The monoisotopic (exact) mass is 252 g/mol. The Balaban J connectivity index is 2.20. The van der Waals surface area contributed by atoms with Gasteiger partial charge in [0.2, 0.25) is 0 Å². The average Bonchev–Trinajstić information content (AvgIpc) is 3.06. The van der Waals surface area contributed by atoms with E-state index < -0.39 is 11.7 Å². The number of pyridine rings is 1. The number of nitrogens with zero attached hydrogens (tertiary/aromatic N) is 1. The van der Waals surface area contributed by atoms with E-state index in [4.69, 9.17) is 5.73 Å². The SMILES string of the molecule is NC1(c2ccc3c(C(F)(F)F)cncc3c2)CC1. The number of hydrogen-bond acceptors (Lipinski definition) is 2. The standard InChI is InChI=1S/C13H11F3N2/c14-13(15,16)11-7-18-6-8-5-9(1-2-10(8)11)12(17)3-4-12/h1-2,5-7H,3-4,17H2. The molecule has 0 bridgehead atoms. The van der Waals surface area contributed by atoms with Crippen molar-refractivity contribution in [2.24, 2.45) is 5.73 Å². The number of aromatic nitrogens is 1. The normalized spacial score (nSPS) is 18.0. The van der Waals surface area contributed by atoms with Crippen LogP contribution in [-0.2, 0) is 11.7 Å². The lowest BCUT2D eigenvalue weighted by Crippen LogP contribution is -2.18. The summed E-state index contributed by atoms with van der Waals surface area (Å²) in [7, 11) is 0. The van der Waals surface area contributed by atoms with Gasteiger partial charge in [-0.05, 0) is 29.9 Å². The van der Waals surface area contributed by atoms with E-state index in [1.807, 2.05) is 0 Å². The van der Waals surface area contributed by atoms with Crippen LogP contribution in [-0.4, -0.2) is 4.98 Å². The number of halogens is 3. The van der Waals surface area contributed by atoms with Gasteiger partial charge in [0, 0.05) is 23.3 Å². The van der Waals surface area contributed by atoms with E-state index in [1.54, 1.807) is 12.1 Å². The molecule has 1 aromatic heterocycles. The highest BCUT2D eigenvalue weighted by Crippen LogP contribution is 2.44.